The Morgan fingerprint density at radius 3 is 2.54 bits per heavy atom. The van der Waals surface area contributed by atoms with Gasteiger partial charge < -0.3 is 15.3 Å². The number of alkyl halides is 3. The fourth-order valence-corrected chi connectivity index (χ4v) is 5.70. The fraction of sp³-hybridized carbons (Fsp3) is 0.500. The number of benzene rings is 1. The van der Waals surface area contributed by atoms with Crippen molar-refractivity contribution >= 4 is 5.95 Å². The first-order chi connectivity index (χ1) is 16.8. The third kappa shape index (κ3) is 4.11. The number of anilines is 1. The summed E-state index contributed by atoms with van der Waals surface area (Å²) in [5, 5.41) is 26.4. The van der Waals surface area contributed by atoms with Crippen molar-refractivity contribution in [3.63, 3.8) is 0 Å². The Kier molecular flexibility index (Phi) is 5.21. The number of halogens is 3. The van der Waals surface area contributed by atoms with E-state index in [2.05, 4.69) is 25.6 Å². The topological polar surface area (TPSA) is 92.0 Å². The van der Waals surface area contributed by atoms with Gasteiger partial charge in [0.05, 0.1) is 18.3 Å². The smallest absolute Gasteiger partial charge is 0.395 e. The number of nitrogens with zero attached hydrogens (tertiary/aromatic N) is 6. The van der Waals surface area contributed by atoms with E-state index in [4.69, 9.17) is 0 Å². The van der Waals surface area contributed by atoms with E-state index in [1.165, 1.54) is 6.20 Å². The summed E-state index contributed by atoms with van der Waals surface area (Å²) >= 11 is 0. The SMILES string of the molecule is Cn1cc(-c2ccc(-c3cnc(N(C4CC4)[C@H]4C[C@@H]5CC[C@H](N5)[C@H]4C(F)(F)F)nn3)c(O)c2)cn1. The molecule has 3 aromatic rings. The molecule has 4 heterocycles. The lowest BCUT2D eigenvalue weighted by atomic mass is 9.85. The van der Waals surface area contributed by atoms with Crippen LogP contribution in [-0.4, -0.2) is 60.4 Å². The van der Waals surface area contributed by atoms with Gasteiger partial charge in [-0.15, -0.1) is 10.2 Å². The maximum absolute atomic E-state index is 14.1. The second-order valence-corrected chi connectivity index (χ2v) is 9.83. The van der Waals surface area contributed by atoms with Crippen LogP contribution in [0.3, 0.4) is 0 Å². The molecule has 0 radical (unpaired) electrons. The second-order valence-electron chi connectivity index (χ2n) is 9.83. The van der Waals surface area contributed by atoms with Gasteiger partial charge in [-0.1, -0.05) is 6.07 Å². The molecule has 6 rings (SSSR count). The molecule has 35 heavy (non-hydrogen) atoms. The first kappa shape index (κ1) is 22.3. The van der Waals surface area contributed by atoms with Gasteiger partial charge in [-0.3, -0.25) is 4.68 Å². The van der Waals surface area contributed by atoms with Gasteiger partial charge in [0.25, 0.3) is 0 Å². The Bertz CT molecular complexity index is 1220. The molecule has 8 nitrogen and oxygen atoms in total. The maximum atomic E-state index is 14.1. The molecule has 2 saturated heterocycles. The van der Waals surface area contributed by atoms with E-state index in [1.54, 1.807) is 27.9 Å². The number of phenolic OH excluding ortho intramolecular Hbond substituents is 1. The lowest BCUT2D eigenvalue weighted by molar-refractivity contribution is -0.191. The number of aromatic hydroxyl groups is 1. The zero-order valence-corrected chi connectivity index (χ0v) is 19.2. The average molecular weight is 486 g/mol. The number of piperidine rings is 1. The van der Waals surface area contributed by atoms with Gasteiger partial charge in [-0.05, 0) is 49.8 Å². The van der Waals surface area contributed by atoms with Crippen molar-refractivity contribution in [1.29, 1.82) is 0 Å². The Balaban J connectivity index is 1.29. The number of phenols is 1. The van der Waals surface area contributed by atoms with Crippen molar-refractivity contribution in [2.24, 2.45) is 13.0 Å². The minimum atomic E-state index is -4.31. The highest BCUT2D eigenvalue weighted by Crippen LogP contribution is 2.46. The van der Waals surface area contributed by atoms with Crippen LogP contribution in [0.1, 0.15) is 32.1 Å². The number of aryl methyl sites for hydroxylation is 1. The van der Waals surface area contributed by atoms with Crippen LogP contribution in [0.15, 0.2) is 36.8 Å². The zero-order chi connectivity index (χ0) is 24.3. The first-order valence-corrected chi connectivity index (χ1v) is 11.9. The van der Waals surface area contributed by atoms with Crippen molar-refractivity contribution in [1.82, 2.24) is 30.3 Å². The largest absolute Gasteiger partial charge is 0.507 e. The molecule has 2 N–H and O–H groups in total. The standard InChI is InChI=1S/C24H26F3N7O/c1-33-12-14(10-29-33)13-2-6-17(21(35)8-13)19-11-28-23(32-31-19)34(16-4-5-16)20-9-15-3-7-18(30-15)22(20)24(25,26)27/h2,6,8,10-12,15-16,18,20,22,30,35H,3-5,7,9H2,1H3/t15-,18-,20-,22+/m0/s1. The molecule has 2 bridgehead atoms. The van der Waals surface area contributed by atoms with Gasteiger partial charge >= 0.3 is 6.18 Å². The van der Waals surface area contributed by atoms with Gasteiger partial charge in [-0.25, -0.2) is 4.98 Å². The molecule has 4 atom stereocenters. The van der Waals surface area contributed by atoms with Gasteiger partial charge in [0.15, 0.2) is 0 Å². The molecule has 1 saturated carbocycles. The second kappa shape index (κ2) is 8.18. The van der Waals surface area contributed by atoms with Crippen LogP contribution >= 0.6 is 0 Å². The van der Waals surface area contributed by atoms with Crippen LogP contribution < -0.4 is 10.2 Å². The van der Waals surface area contributed by atoms with Crippen LogP contribution in [0, 0.1) is 5.92 Å². The van der Waals surface area contributed by atoms with E-state index in [-0.39, 0.29) is 23.8 Å². The van der Waals surface area contributed by atoms with Gasteiger partial charge in [0, 0.05) is 48.5 Å². The number of aromatic nitrogens is 5. The minimum Gasteiger partial charge on any atom is -0.507 e. The molecule has 1 aliphatic carbocycles. The van der Waals surface area contributed by atoms with Crippen molar-refractivity contribution in [2.75, 3.05) is 4.90 Å². The lowest BCUT2D eigenvalue weighted by Crippen LogP contribution is -2.60. The van der Waals surface area contributed by atoms with Crippen molar-refractivity contribution in [2.45, 2.75) is 62.4 Å². The van der Waals surface area contributed by atoms with E-state index >= 15 is 0 Å². The molecule has 0 unspecified atom stereocenters. The van der Waals surface area contributed by atoms with Crippen molar-refractivity contribution < 1.29 is 18.3 Å². The molecule has 2 aromatic heterocycles. The van der Waals surface area contributed by atoms with E-state index < -0.39 is 24.2 Å². The van der Waals surface area contributed by atoms with Gasteiger partial charge in [0.1, 0.15) is 11.4 Å². The maximum Gasteiger partial charge on any atom is 0.395 e. The molecular weight excluding hydrogens is 459 g/mol. The summed E-state index contributed by atoms with van der Waals surface area (Å²) < 4.78 is 44.1. The quantitative estimate of drug-likeness (QED) is 0.570. The number of hydrogen-bond donors (Lipinski definition) is 2. The van der Waals surface area contributed by atoms with Gasteiger partial charge in [0.2, 0.25) is 5.95 Å². The predicted octanol–water partition coefficient (Wildman–Crippen LogP) is 3.68. The molecule has 0 spiro atoms. The Morgan fingerprint density at radius 1 is 1.09 bits per heavy atom. The highest BCUT2D eigenvalue weighted by Gasteiger charge is 2.57. The lowest BCUT2D eigenvalue weighted by Gasteiger charge is -2.44. The molecule has 3 fully saturated rings. The summed E-state index contributed by atoms with van der Waals surface area (Å²) in [6.45, 7) is 0. The van der Waals surface area contributed by atoms with E-state index in [1.807, 2.05) is 19.3 Å². The highest BCUT2D eigenvalue weighted by atomic mass is 19.4. The Morgan fingerprint density at radius 2 is 1.91 bits per heavy atom. The van der Waals surface area contributed by atoms with Crippen molar-refractivity contribution in [3.8, 4) is 28.1 Å². The summed E-state index contributed by atoms with van der Waals surface area (Å²) in [7, 11) is 1.82. The Hall–Kier alpha value is -3.21. The highest BCUT2D eigenvalue weighted by molar-refractivity contribution is 5.73. The molecular formula is C24H26F3N7O. The molecule has 0 amide bonds. The summed E-state index contributed by atoms with van der Waals surface area (Å²) in [5.41, 5.74) is 2.48. The first-order valence-electron chi connectivity index (χ1n) is 11.9. The van der Waals surface area contributed by atoms with E-state index in [9.17, 15) is 18.3 Å². The Labute approximate surface area is 200 Å². The number of nitrogens with one attached hydrogen (secondary N) is 1. The number of rotatable bonds is 5. The number of fused-ring (bicyclic) bond motifs is 2. The van der Waals surface area contributed by atoms with Crippen LogP contribution in [0.4, 0.5) is 19.1 Å². The monoisotopic (exact) mass is 485 g/mol. The third-order valence-electron chi connectivity index (χ3n) is 7.42. The zero-order valence-electron chi connectivity index (χ0n) is 19.2. The predicted molar refractivity (Wildman–Crippen MR) is 123 cm³/mol. The molecule has 11 heteroatoms. The molecule has 1 aromatic carbocycles. The summed E-state index contributed by atoms with van der Waals surface area (Å²) in [5.74, 6) is -1.22. The van der Waals surface area contributed by atoms with Crippen LogP contribution in [-0.2, 0) is 7.05 Å². The van der Waals surface area contributed by atoms with Crippen LogP contribution in [0.25, 0.3) is 22.4 Å². The number of hydrogen-bond acceptors (Lipinski definition) is 7. The van der Waals surface area contributed by atoms with E-state index in [0.29, 0.717) is 24.1 Å². The molecule has 2 aliphatic heterocycles. The van der Waals surface area contributed by atoms with Crippen LogP contribution in [0.2, 0.25) is 0 Å². The normalized spacial score (nSPS) is 26.2. The molecule has 3 aliphatic rings. The molecule has 184 valence electrons. The minimum absolute atomic E-state index is 0.00201. The third-order valence-corrected chi connectivity index (χ3v) is 7.42. The van der Waals surface area contributed by atoms with Crippen molar-refractivity contribution in [3.05, 3.63) is 36.8 Å². The van der Waals surface area contributed by atoms with Gasteiger partial charge in [-0.2, -0.15) is 18.3 Å². The summed E-state index contributed by atoms with van der Waals surface area (Å²) in [6.07, 6.45) is 4.09. The van der Waals surface area contributed by atoms with Crippen LogP contribution in [0.5, 0.6) is 5.75 Å². The fourth-order valence-electron chi connectivity index (χ4n) is 5.70. The summed E-state index contributed by atoms with van der Waals surface area (Å²) in [4.78, 5) is 6.21. The van der Waals surface area contributed by atoms with E-state index in [0.717, 1.165) is 30.4 Å². The average Bonchev–Trinajstić information content (AvgIpc) is 3.44. The summed E-state index contributed by atoms with van der Waals surface area (Å²) in [6, 6.07) is 4.01.